The molecule has 4 aliphatic rings. The molecule has 8 unspecified atom stereocenters. The summed E-state index contributed by atoms with van der Waals surface area (Å²) in [4.78, 5) is 23.2. The number of fused-ring (bicyclic) bond motifs is 2. The van der Waals surface area contributed by atoms with Gasteiger partial charge >= 0.3 is 11.9 Å². The van der Waals surface area contributed by atoms with Crippen molar-refractivity contribution in [1.82, 2.24) is 0 Å². The quantitative estimate of drug-likeness (QED) is 0.245. The number of hydrogen-bond acceptors (Lipinski definition) is 3. The van der Waals surface area contributed by atoms with E-state index in [2.05, 4.69) is 40.3 Å². The summed E-state index contributed by atoms with van der Waals surface area (Å²) >= 11 is 0. The first-order chi connectivity index (χ1) is 16.9. The molecular formula is C32H50O4. The molecule has 4 fully saturated rings. The van der Waals surface area contributed by atoms with E-state index in [-0.39, 0.29) is 17.8 Å². The van der Waals surface area contributed by atoms with Gasteiger partial charge in [0.25, 0.3) is 0 Å². The SMILES string of the molecule is C=C(C)C1CCC2C3(C)CCC(C(C)CCC=C(C)CC(=O)O)C3(C)CCC23CC13CCC(=O)OC. The number of carbonyl (C=O) groups is 2. The van der Waals surface area contributed by atoms with Crippen molar-refractivity contribution in [3.05, 3.63) is 23.8 Å². The van der Waals surface area contributed by atoms with Crippen molar-refractivity contribution in [3.8, 4) is 0 Å². The lowest BCUT2D eigenvalue weighted by molar-refractivity contribution is -0.143. The minimum absolute atomic E-state index is 0.0664. The monoisotopic (exact) mass is 498 g/mol. The normalized spacial score (nSPS) is 42.1. The Hall–Kier alpha value is -1.58. The summed E-state index contributed by atoms with van der Waals surface area (Å²) in [5.41, 5.74) is 3.63. The first-order valence-electron chi connectivity index (χ1n) is 14.5. The molecule has 4 aliphatic carbocycles. The molecule has 0 aromatic heterocycles. The van der Waals surface area contributed by atoms with Gasteiger partial charge in [-0.15, -0.1) is 0 Å². The molecule has 1 spiro atoms. The summed E-state index contributed by atoms with van der Waals surface area (Å²) < 4.78 is 5.05. The van der Waals surface area contributed by atoms with Gasteiger partial charge in [-0.25, -0.2) is 0 Å². The van der Waals surface area contributed by atoms with Gasteiger partial charge < -0.3 is 9.84 Å². The standard InChI is InChI=1S/C32H50O4/c1-21(2)24-11-12-26-30(6)15-13-25(23(4)10-8-9-22(3)19-27(33)34)29(30,5)17-18-32(26)20-31(24,32)16-14-28(35)36-7/h9,23-26H,1,8,10-20H2,2-7H3,(H,33,34). The topological polar surface area (TPSA) is 63.6 Å². The minimum atomic E-state index is -0.740. The second-order valence-corrected chi connectivity index (χ2v) is 13.7. The number of carboxylic acids is 1. The third kappa shape index (κ3) is 4.09. The van der Waals surface area contributed by atoms with E-state index in [1.807, 2.05) is 6.92 Å². The van der Waals surface area contributed by atoms with Crippen molar-refractivity contribution >= 4 is 11.9 Å². The summed E-state index contributed by atoms with van der Waals surface area (Å²) in [5, 5.41) is 9.05. The van der Waals surface area contributed by atoms with E-state index < -0.39 is 5.97 Å². The highest BCUT2D eigenvalue weighted by atomic mass is 16.5. The molecule has 36 heavy (non-hydrogen) atoms. The summed E-state index contributed by atoms with van der Waals surface area (Å²) in [6.07, 6.45) is 15.0. The van der Waals surface area contributed by atoms with Crippen molar-refractivity contribution in [3.63, 3.8) is 0 Å². The lowest BCUT2D eigenvalue weighted by atomic mass is 9.43. The predicted molar refractivity (Wildman–Crippen MR) is 144 cm³/mol. The van der Waals surface area contributed by atoms with Gasteiger partial charge in [-0.2, -0.15) is 0 Å². The second-order valence-electron chi connectivity index (χ2n) is 13.7. The number of aliphatic carboxylic acids is 1. The summed E-state index contributed by atoms with van der Waals surface area (Å²) in [6.45, 7) is 16.3. The summed E-state index contributed by atoms with van der Waals surface area (Å²) in [5.74, 6) is 1.86. The molecule has 0 saturated heterocycles. The van der Waals surface area contributed by atoms with Gasteiger partial charge in [-0.1, -0.05) is 44.6 Å². The minimum Gasteiger partial charge on any atom is -0.481 e. The van der Waals surface area contributed by atoms with E-state index in [4.69, 9.17) is 9.84 Å². The maximum Gasteiger partial charge on any atom is 0.307 e. The number of carboxylic acid groups (broad SMARTS) is 1. The average molecular weight is 499 g/mol. The van der Waals surface area contributed by atoms with Crippen LogP contribution in [0.3, 0.4) is 0 Å². The van der Waals surface area contributed by atoms with E-state index >= 15 is 0 Å². The molecule has 0 aromatic carbocycles. The smallest absolute Gasteiger partial charge is 0.307 e. The van der Waals surface area contributed by atoms with Crippen molar-refractivity contribution in [1.29, 1.82) is 0 Å². The number of methoxy groups -OCH3 is 1. The zero-order valence-electron chi connectivity index (χ0n) is 23.8. The maximum atomic E-state index is 12.2. The Bertz CT molecular complexity index is 934. The second kappa shape index (κ2) is 9.62. The van der Waals surface area contributed by atoms with Crippen LogP contribution in [-0.2, 0) is 14.3 Å². The Morgan fingerprint density at radius 3 is 2.47 bits per heavy atom. The van der Waals surface area contributed by atoms with Gasteiger partial charge in [0.1, 0.15) is 0 Å². The van der Waals surface area contributed by atoms with E-state index in [9.17, 15) is 9.59 Å². The third-order valence-corrected chi connectivity index (χ3v) is 12.4. The summed E-state index contributed by atoms with van der Waals surface area (Å²) in [6, 6.07) is 0. The molecule has 0 aromatic rings. The van der Waals surface area contributed by atoms with Gasteiger partial charge in [0.2, 0.25) is 0 Å². The fraction of sp³-hybridized carbons (Fsp3) is 0.812. The van der Waals surface area contributed by atoms with Crippen molar-refractivity contribution in [2.75, 3.05) is 7.11 Å². The number of rotatable bonds is 10. The fourth-order valence-electron chi connectivity index (χ4n) is 10.5. The Balaban J connectivity index is 1.53. The fourth-order valence-corrected chi connectivity index (χ4v) is 10.5. The maximum absolute atomic E-state index is 12.2. The molecule has 0 radical (unpaired) electrons. The van der Waals surface area contributed by atoms with Crippen LogP contribution in [0.4, 0.5) is 0 Å². The summed E-state index contributed by atoms with van der Waals surface area (Å²) in [7, 11) is 1.51. The first kappa shape index (κ1) is 27.5. The van der Waals surface area contributed by atoms with Crippen LogP contribution in [-0.4, -0.2) is 24.2 Å². The Morgan fingerprint density at radius 1 is 1.11 bits per heavy atom. The van der Waals surface area contributed by atoms with Gasteiger partial charge in [0.15, 0.2) is 0 Å². The van der Waals surface area contributed by atoms with Crippen molar-refractivity contribution in [2.24, 2.45) is 45.3 Å². The van der Waals surface area contributed by atoms with Crippen LogP contribution in [0.25, 0.3) is 0 Å². The van der Waals surface area contributed by atoms with Crippen molar-refractivity contribution < 1.29 is 19.4 Å². The number of carbonyl (C=O) groups excluding carboxylic acids is 1. The molecule has 0 heterocycles. The molecule has 4 nitrogen and oxygen atoms in total. The van der Waals surface area contributed by atoms with Crippen LogP contribution in [0.15, 0.2) is 23.8 Å². The van der Waals surface area contributed by atoms with Crippen LogP contribution in [0.2, 0.25) is 0 Å². The van der Waals surface area contributed by atoms with Gasteiger partial charge in [0, 0.05) is 6.42 Å². The molecule has 1 N–H and O–H groups in total. The van der Waals surface area contributed by atoms with Crippen molar-refractivity contribution in [2.45, 2.75) is 112 Å². The molecule has 4 saturated carbocycles. The molecule has 8 atom stereocenters. The van der Waals surface area contributed by atoms with Gasteiger partial charge in [-0.05, 0) is 123 Å². The zero-order chi connectivity index (χ0) is 26.5. The van der Waals surface area contributed by atoms with Crippen LogP contribution in [0, 0.1) is 45.3 Å². The highest BCUT2D eigenvalue weighted by molar-refractivity contribution is 5.70. The van der Waals surface area contributed by atoms with Crippen LogP contribution in [0.5, 0.6) is 0 Å². The molecule has 0 amide bonds. The molecule has 4 rings (SSSR count). The molecular weight excluding hydrogens is 448 g/mol. The number of ether oxygens (including phenoxy) is 1. The van der Waals surface area contributed by atoms with E-state index in [0.717, 1.165) is 36.7 Å². The Labute approximate surface area is 219 Å². The highest BCUT2D eigenvalue weighted by Gasteiger charge is 2.80. The molecule has 0 bridgehead atoms. The Morgan fingerprint density at radius 2 is 1.83 bits per heavy atom. The molecule has 202 valence electrons. The van der Waals surface area contributed by atoms with Crippen LogP contribution >= 0.6 is 0 Å². The van der Waals surface area contributed by atoms with E-state index in [0.29, 0.717) is 34.5 Å². The molecule has 0 aliphatic heterocycles. The third-order valence-electron chi connectivity index (χ3n) is 12.4. The highest BCUT2D eigenvalue weighted by Crippen LogP contribution is 2.87. The van der Waals surface area contributed by atoms with E-state index in [1.54, 1.807) is 0 Å². The van der Waals surface area contributed by atoms with Crippen LogP contribution < -0.4 is 0 Å². The number of allylic oxidation sites excluding steroid dienone is 2. The lowest BCUT2D eigenvalue weighted by Gasteiger charge is -2.61. The predicted octanol–water partition coefficient (Wildman–Crippen LogP) is 7.97. The first-order valence-corrected chi connectivity index (χ1v) is 14.5. The molecule has 4 heteroatoms. The zero-order valence-corrected chi connectivity index (χ0v) is 23.8. The largest absolute Gasteiger partial charge is 0.481 e. The van der Waals surface area contributed by atoms with E-state index in [1.165, 1.54) is 57.6 Å². The van der Waals surface area contributed by atoms with Crippen LogP contribution in [0.1, 0.15) is 112 Å². The number of esters is 1. The number of hydrogen-bond donors (Lipinski definition) is 1. The average Bonchev–Trinajstić information content (AvgIpc) is 3.39. The van der Waals surface area contributed by atoms with Gasteiger partial charge in [-0.3, -0.25) is 9.59 Å². The Kier molecular flexibility index (Phi) is 7.34. The van der Waals surface area contributed by atoms with Gasteiger partial charge in [0.05, 0.1) is 13.5 Å². The lowest BCUT2D eigenvalue weighted by Crippen LogP contribution is -2.54.